The minimum atomic E-state index is 0.672. The second-order valence-corrected chi connectivity index (χ2v) is 4.53. The average molecular weight is 213 g/mol. The van der Waals surface area contributed by atoms with Gasteiger partial charge in [-0.15, -0.1) is 5.92 Å². The highest BCUT2D eigenvalue weighted by Crippen LogP contribution is 2.37. The van der Waals surface area contributed by atoms with Gasteiger partial charge < -0.3 is 5.32 Å². The van der Waals surface area contributed by atoms with Crippen molar-refractivity contribution >= 4 is 0 Å². The summed E-state index contributed by atoms with van der Waals surface area (Å²) in [5, 5.41) is 3.47. The quantitative estimate of drug-likeness (QED) is 0.761. The Morgan fingerprint density at radius 2 is 2.06 bits per heavy atom. The van der Waals surface area contributed by atoms with Crippen LogP contribution >= 0.6 is 0 Å². The van der Waals surface area contributed by atoms with Crippen molar-refractivity contribution in [3.8, 4) is 11.8 Å². The van der Waals surface area contributed by atoms with Gasteiger partial charge in [0.15, 0.2) is 0 Å². The third kappa shape index (κ3) is 2.46. The van der Waals surface area contributed by atoms with Gasteiger partial charge in [-0.05, 0) is 43.7 Å². The number of hydrogen-bond donors (Lipinski definition) is 1. The SMILES string of the molecule is CC#CCNC1CC(c2ccccc2C)C1. The van der Waals surface area contributed by atoms with Crippen molar-refractivity contribution in [1.29, 1.82) is 0 Å². The van der Waals surface area contributed by atoms with E-state index in [1.165, 1.54) is 24.0 Å². The first-order valence-corrected chi connectivity index (χ1v) is 5.99. The normalized spacial score (nSPS) is 23.1. The molecule has 16 heavy (non-hydrogen) atoms. The van der Waals surface area contributed by atoms with Crippen LogP contribution in [0.3, 0.4) is 0 Å². The zero-order chi connectivity index (χ0) is 11.4. The molecule has 0 spiro atoms. The van der Waals surface area contributed by atoms with Gasteiger partial charge in [-0.1, -0.05) is 30.2 Å². The Kier molecular flexibility index (Phi) is 3.64. The zero-order valence-electron chi connectivity index (χ0n) is 10.1. The van der Waals surface area contributed by atoms with Crippen molar-refractivity contribution in [3.63, 3.8) is 0 Å². The van der Waals surface area contributed by atoms with E-state index in [2.05, 4.69) is 48.3 Å². The molecule has 0 aromatic heterocycles. The highest BCUT2D eigenvalue weighted by molar-refractivity contribution is 5.31. The third-order valence-electron chi connectivity index (χ3n) is 3.42. The third-order valence-corrected chi connectivity index (χ3v) is 3.42. The molecule has 1 saturated carbocycles. The van der Waals surface area contributed by atoms with Crippen LogP contribution in [0, 0.1) is 18.8 Å². The lowest BCUT2D eigenvalue weighted by Crippen LogP contribution is -2.40. The van der Waals surface area contributed by atoms with Gasteiger partial charge in [0.2, 0.25) is 0 Å². The summed E-state index contributed by atoms with van der Waals surface area (Å²) < 4.78 is 0. The molecule has 1 aliphatic carbocycles. The molecule has 0 amide bonds. The van der Waals surface area contributed by atoms with Gasteiger partial charge in [0, 0.05) is 6.04 Å². The van der Waals surface area contributed by atoms with Gasteiger partial charge in [0.25, 0.3) is 0 Å². The number of hydrogen-bond acceptors (Lipinski definition) is 1. The summed E-state index contributed by atoms with van der Waals surface area (Å²) in [7, 11) is 0. The Bertz CT molecular complexity index is 405. The zero-order valence-corrected chi connectivity index (χ0v) is 10.1. The first-order chi connectivity index (χ1) is 7.81. The molecule has 0 bridgehead atoms. The lowest BCUT2D eigenvalue weighted by molar-refractivity contribution is 0.300. The summed E-state index contributed by atoms with van der Waals surface area (Å²) in [5.41, 5.74) is 2.96. The topological polar surface area (TPSA) is 12.0 Å². The molecule has 0 heterocycles. The van der Waals surface area contributed by atoms with Crippen LogP contribution < -0.4 is 5.32 Å². The molecule has 0 atom stereocenters. The summed E-state index contributed by atoms with van der Waals surface area (Å²) in [4.78, 5) is 0. The number of benzene rings is 1. The van der Waals surface area contributed by atoms with Crippen molar-refractivity contribution in [2.75, 3.05) is 6.54 Å². The average Bonchev–Trinajstić information content (AvgIpc) is 2.23. The molecular weight excluding hydrogens is 194 g/mol. The Labute approximate surface area is 98.3 Å². The maximum atomic E-state index is 3.47. The lowest BCUT2D eigenvalue weighted by atomic mass is 9.74. The van der Waals surface area contributed by atoms with E-state index in [0.29, 0.717) is 6.04 Å². The van der Waals surface area contributed by atoms with Crippen molar-refractivity contribution < 1.29 is 0 Å². The molecule has 2 rings (SSSR count). The van der Waals surface area contributed by atoms with Crippen molar-refractivity contribution in [3.05, 3.63) is 35.4 Å². The van der Waals surface area contributed by atoms with Crippen LogP contribution in [-0.2, 0) is 0 Å². The second kappa shape index (κ2) is 5.18. The molecule has 1 nitrogen and oxygen atoms in total. The predicted octanol–water partition coefficient (Wildman–Crippen LogP) is 2.85. The molecule has 84 valence electrons. The molecule has 1 fully saturated rings. The van der Waals surface area contributed by atoms with Crippen LogP contribution in [-0.4, -0.2) is 12.6 Å². The van der Waals surface area contributed by atoms with E-state index >= 15 is 0 Å². The summed E-state index contributed by atoms with van der Waals surface area (Å²) in [6.45, 7) is 4.93. The van der Waals surface area contributed by atoms with Gasteiger partial charge in [-0.2, -0.15) is 0 Å². The Hall–Kier alpha value is -1.26. The fraction of sp³-hybridized carbons (Fsp3) is 0.467. The Balaban J connectivity index is 1.84. The van der Waals surface area contributed by atoms with E-state index in [-0.39, 0.29) is 0 Å². The van der Waals surface area contributed by atoms with Crippen LogP contribution in [0.5, 0.6) is 0 Å². The van der Waals surface area contributed by atoms with Gasteiger partial charge in [0.05, 0.1) is 6.54 Å². The summed E-state index contributed by atoms with van der Waals surface area (Å²) in [5.74, 6) is 6.72. The van der Waals surface area contributed by atoms with Gasteiger partial charge in [0.1, 0.15) is 0 Å². The monoisotopic (exact) mass is 213 g/mol. The smallest absolute Gasteiger partial charge is 0.0578 e. The first kappa shape index (κ1) is 11.2. The predicted molar refractivity (Wildman–Crippen MR) is 68.4 cm³/mol. The van der Waals surface area contributed by atoms with Crippen LogP contribution in [0.1, 0.15) is 36.8 Å². The maximum Gasteiger partial charge on any atom is 0.0578 e. The lowest BCUT2D eigenvalue weighted by Gasteiger charge is -2.36. The fourth-order valence-corrected chi connectivity index (χ4v) is 2.37. The summed E-state index contributed by atoms with van der Waals surface area (Å²) >= 11 is 0. The molecule has 0 aliphatic heterocycles. The van der Waals surface area contributed by atoms with Gasteiger partial charge >= 0.3 is 0 Å². The Morgan fingerprint density at radius 3 is 2.75 bits per heavy atom. The van der Waals surface area contributed by atoms with Crippen molar-refractivity contribution in [1.82, 2.24) is 5.32 Å². The molecule has 1 heteroatoms. The fourth-order valence-electron chi connectivity index (χ4n) is 2.37. The summed E-state index contributed by atoms with van der Waals surface area (Å²) in [6, 6.07) is 9.40. The second-order valence-electron chi connectivity index (χ2n) is 4.53. The molecule has 1 aromatic rings. The number of aryl methyl sites for hydroxylation is 1. The standard InChI is InChI=1S/C15H19N/c1-3-4-9-16-14-10-13(11-14)15-8-6-5-7-12(15)2/h5-8,13-14,16H,9-11H2,1-2H3. The van der Waals surface area contributed by atoms with Crippen molar-refractivity contribution in [2.24, 2.45) is 0 Å². The molecular formula is C15H19N. The van der Waals surface area contributed by atoms with E-state index in [9.17, 15) is 0 Å². The highest BCUT2D eigenvalue weighted by Gasteiger charge is 2.30. The maximum absolute atomic E-state index is 3.47. The molecule has 0 unspecified atom stereocenters. The Morgan fingerprint density at radius 1 is 1.31 bits per heavy atom. The van der Waals surface area contributed by atoms with Crippen LogP contribution in [0.15, 0.2) is 24.3 Å². The van der Waals surface area contributed by atoms with E-state index in [1.54, 1.807) is 0 Å². The number of rotatable bonds is 3. The van der Waals surface area contributed by atoms with Crippen LogP contribution in [0.2, 0.25) is 0 Å². The van der Waals surface area contributed by atoms with E-state index in [0.717, 1.165) is 12.5 Å². The van der Waals surface area contributed by atoms with Gasteiger partial charge in [-0.3, -0.25) is 0 Å². The summed E-state index contributed by atoms with van der Waals surface area (Å²) in [6.07, 6.45) is 2.52. The molecule has 1 N–H and O–H groups in total. The molecule has 0 saturated heterocycles. The molecule has 1 aliphatic rings. The van der Waals surface area contributed by atoms with Crippen LogP contribution in [0.4, 0.5) is 0 Å². The highest BCUT2D eigenvalue weighted by atomic mass is 14.9. The van der Waals surface area contributed by atoms with Crippen LogP contribution in [0.25, 0.3) is 0 Å². The first-order valence-electron chi connectivity index (χ1n) is 5.99. The minimum absolute atomic E-state index is 0.672. The van der Waals surface area contributed by atoms with E-state index < -0.39 is 0 Å². The minimum Gasteiger partial charge on any atom is -0.303 e. The van der Waals surface area contributed by atoms with Crippen molar-refractivity contribution in [2.45, 2.75) is 38.6 Å². The molecule has 1 aromatic carbocycles. The molecule has 0 radical (unpaired) electrons. The van der Waals surface area contributed by atoms with Gasteiger partial charge in [-0.25, -0.2) is 0 Å². The largest absolute Gasteiger partial charge is 0.303 e. The van der Waals surface area contributed by atoms with E-state index in [1.807, 2.05) is 6.92 Å². The number of nitrogens with one attached hydrogen (secondary N) is 1. The van der Waals surface area contributed by atoms with E-state index in [4.69, 9.17) is 0 Å².